The lowest BCUT2D eigenvalue weighted by atomic mass is 9.97. The smallest absolute Gasteiger partial charge is 0.105 e. The predicted octanol–water partition coefficient (Wildman–Crippen LogP) is 4.38. The first-order valence-electron chi connectivity index (χ1n) is 11.2. The van der Waals surface area contributed by atoms with Crippen LogP contribution in [-0.4, -0.2) is 81.9 Å². The first kappa shape index (κ1) is 22.0. The normalized spacial score (nSPS) is 16.1. The molecular weight excluding hydrogens is 354 g/mol. The van der Waals surface area contributed by atoms with Gasteiger partial charge in [-0.25, -0.2) is 0 Å². The molecular formula is C26H42N3+3. The van der Waals surface area contributed by atoms with E-state index in [0.717, 1.165) is 22.1 Å². The molecule has 0 bridgehead atoms. The number of benzene rings is 2. The van der Waals surface area contributed by atoms with Crippen molar-refractivity contribution < 1.29 is 13.4 Å². The second kappa shape index (κ2) is 8.59. The van der Waals surface area contributed by atoms with E-state index in [0.29, 0.717) is 0 Å². The minimum absolute atomic E-state index is 1.05. The fourth-order valence-electron chi connectivity index (χ4n) is 4.81. The van der Waals surface area contributed by atoms with Crippen molar-refractivity contribution in [1.82, 2.24) is 0 Å². The molecule has 2 aromatic carbocycles. The summed E-state index contributed by atoms with van der Waals surface area (Å²) in [5.41, 5.74) is 5.93. The highest BCUT2D eigenvalue weighted by Gasteiger charge is 2.33. The van der Waals surface area contributed by atoms with E-state index in [2.05, 4.69) is 90.8 Å². The van der Waals surface area contributed by atoms with Crippen molar-refractivity contribution in [3.8, 4) is 11.1 Å². The van der Waals surface area contributed by atoms with Gasteiger partial charge in [-0.3, -0.25) is 0 Å². The number of quaternary nitrogens is 3. The number of rotatable bonds is 8. The summed E-state index contributed by atoms with van der Waals surface area (Å²) in [6, 6.07) is 18.2. The summed E-state index contributed by atoms with van der Waals surface area (Å²) < 4.78 is 3.28. The van der Waals surface area contributed by atoms with Crippen LogP contribution in [0.4, 0.5) is 0 Å². The first-order chi connectivity index (χ1) is 13.6. The highest BCUT2D eigenvalue weighted by Crippen LogP contribution is 2.36. The van der Waals surface area contributed by atoms with Crippen molar-refractivity contribution in [2.24, 2.45) is 0 Å². The van der Waals surface area contributed by atoms with Crippen molar-refractivity contribution >= 4 is 0 Å². The van der Waals surface area contributed by atoms with Crippen LogP contribution >= 0.6 is 0 Å². The molecule has 0 N–H and O–H groups in total. The van der Waals surface area contributed by atoms with Crippen molar-refractivity contribution in [2.75, 3.05) is 68.5 Å². The Morgan fingerprint density at radius 3 is 1.38 bits per heavy atom. The molecule has 0 aromatic heterocycles. The van der Waals surface area contributed by atoms with E-state index in [1.807, 2.05) is 0 Å². The Hall–Kier alpha value is -1.68. The molecule has 29 heavy (non-hydrogen) atoms. The maximum Gasteiger partial charge on any atom is 0.105 e. The molecule has 1 heterocycles. The summed E-state index contributed by atoms with van der Waals surface area (Å²) in [6.45, 7) is 7.29. The van der Waals surface area contributed by atoms with Gasteiger partial charge in [0.25, 0.3) is 0 Å². The lowest BCUT2D eigenvalue weighted by Gasteiger charge is -2.40. The Balaban J connectivity index is 1.93. The van der Waals surface area contributed by atoms with E-state index in [1.165, 1.54) is 65.8 Å². The second-order valence-corrected chi connectivity index (χ2v) is 11.2. The summed E-state index contributed by atoms with van der Waals surface area (Å²) in [5, 5.41) is 0. The van der Waals surface area contributed by atoms with Crippen molar-refractivity contribution in [2.45, 2.75) is 25.9 Å². The van der Waals surface area contributed by atoms with Gasteiger partial charge in [-0.15, -0.1) is 0 Å². The topological polar surface area (TPSA) is 0 Å². The van der Waals surface area contributed by atoms with Gasteiger partial charge in [0.15, 0.2) is 0 Å². The van der Waals surface area contributed by atoms with E-state index in [-0.39, 0.29) is 0 Å². The van der Waals surface area contributed by atoms with Crippen LogP contribution in [-0.2, 0) is 13.1 Å². The third-order valence-electron chi connectivity index (χ3n) is 6.26. The molecule has 0 amide bonds. The zero-order chi connectivity index (χ0) is 21.1. The molecule has 0 spiro atoms. The molecule has 0 unspecified atom stereocenters. The molecule has 2 aromatic rings. The molecule has 3 heteroatoms. The van der Waals surface area contributed by atoms with Gasteiger partial charge in [-0.1, -0.05) is 48.5 Å². The zero-order valence-electron chi connectivity index (χ0n) is 19.6. The number of fused-ring (bicyclic) bond motifs is 3. The molecule has 0 saturated carbocycles. The van der Waals surface area contributed by atoms with Crippen LogP contribution in [0.2, 0.25) is 0 Å². The van der Waals surface area contributed by atoms with E-state index < -0.39 is 0 Å². The van der Waals surface area contributed by atoms with Gasteiger partial charge >= 0.3 is 0 Å². The maximum atomic E-state index is 2.37. The van der Waals surface area contributed by atoms with E-state index >= 15 is 0 Å². The highest BCUT2D eigenvalue weighted by molar-refractivity contribution is 5.71. The molecule has 0 aliphatic carbocycles. The largest absolute Gasteiger partial charge is 0.331 e. The van der Waals surface area contributed by atoms with Gasteiger partial charge in [0.2, 0.25) is 0 Å². The molecule has 0 radical (unpaired) electrons. The summed E-state index contributed by atoms with van der Waals surface area (Å²) in [4.78, 5) is 0. The minimum Gasteiger partial charge on any atom is -0.331 e. The Kier molecular flexibility index (Phi) is 6.52. The minimum atomic E-state index is 1.05. The molecule has 0 fully saturated rings. The monoisotopic (exact) mass is 396 g/mol. The summed E-state index contributed by atoms with van der Waals surface area (Å²) in [5.74, 6) is 0. The second-order valence-electron chi connectivity index (χ2n) is 11.2. The molecule has 158 valence electrons. The van der Waals surface area contributed by atoms with Gasteiger partial charge < -0.3 is 13.4 Å². The van der Waals surface area contributed by atoms with Crippen LogP contribution in [0.3, 0.4) is 0 Å². The Bertz CT molecular complexity index is 742. The van der Waals surface area contributed by atoms with E-state index in [1.54, 1.807) is 0 Å². The summed E-state index contributed by atoms with van der Waals surface area (Å²) in [7, 11) is 13.9. The highest BCUT2D eigenvalue weighted by atomic mass is 15.4. The standard InChI is InChI=1S/C26H42N3/c1-27(2,3)17-11-19-29(20-12-18-28(4,5)6)21-23-13-7-9-15-25(23)26-16-10-8-14-24(26)22-29/h7-10,13-16H,11-12,17-22H2,1-6H3/q+3. The lowest BCUT2D eigenvalue weighted by Crippen LogP contribution is -2.50. The Morgan fingerprint density at radius 1 is 0.621 bits per heavy atom. The third-order valence-corrected chi connectivity index (χ3v) is 6.26. The van der Waals surface area contributed by atoms with Crippen LogP contribution in [0.25, 0.3) is 11.1 Å². The van der Waals surface area contributed by atoms with Crippen LogP contribution in [0.15, 0.2) is 48.5 Å². The van der Waals surface area contributed by atoms with Gasteiger partial charge in [-0.05, 0) is 11.1 Å². The van der Waals surface area contributed by atoms with Gasteiger partial charge in [0.1, 0.15) is 13.1 Å². The zero-order valence-corrected chi connectivity index (χ0v) is 19.6. The van der Waals surface area contributed by atoms with Crippen LogP contribution in [0.5, 0.6) is 0 Å². The SMILES string of the molecule is C[N+](C)(C)CCC[N+]1(CCC[N+](C)(C)C)Cc2ccccc2-c2ccccc2C1. The first-order valence-corrected chi connectivity index (χ1v) is 11.2. The lowest BCUT2D eigenvalue weighted by molar-refractivity contribution is -0.960. The van der Waals surface area contributed by atoms with E-state index in [4.69, 9.17) is 0 Å². The fourth-order valence-corrected chi connectivity index (χ4v) is 4.81. The Morgan fingerprint density at radius 2 is 1.00 bits per heavy atom. The maximum absolute atomic E-state index is 2.37. The van der Waals surface area contributed by atoms with E-state index in [9.17, 15) is 0 Å². The average molecular weight is 397 g/mol. The molecule has 0 saturated heterocycles. The van der Waals surface area contributed by atoms with Gasteiger partial charge in [0.05, 0.1) is 68.5 Å². The summed E-state index contributed by atoms with van der Waals surface area (Å²) >= 11 is 0. The molecule has 1 aliphatic rings. The fraction of sp³-hybridized carbons (Fsp3) is 0.538. The quantitative estimate of drug-likeness (QED) is 0.581. The predicted molar refractivity (Wildman–Crippen MR) is 124 cm³/mol. The van der Waals surface area contributed by atoms with Crippen LogP contribution in [0.1, 0.15) is 24.0 Å². The average Bonchev–Trinajstić information content (AvgIpc) is 2.74. The van der Waals surface area contributed by atoms with Gasteiger partial charge in [0, 0.05) is 24.0 Å². The number of nitrogens with zero attached hydrogens (tertiary/aromatic N) is 3. The molecule has 0 atom stereocenters. The number of hydrogen-bond acceptors (Lipinski definition) is 0. The van der Waals surface area contributed by atoms with Crippen LogP contribution < -0.4 is 0 Å². The van der Waals surface area contributed by atoms with Gasteiger partial charge in [-0.2, -0.15) is 0 Å². The van der Waals surface area contributed by atoms with Crippen molar-refractivity contribution in [3.05, 3.63) is 59.7 Å². The molecule has 3 nitrogen and oxygen atoms in total. The summed E-state index contributed by atoms with van der Waals surface area (Å²) in [6.07, 6.45) is 2.55. The van der Waals surface area contributed by atoms with Crippen molar-refractivity contribution in [3.63, 3.8) is 0 Å². The molecule has 3 rings (SSSR count). The van der Waals surface area contributed by atoms with Crippen molar-refractivity contribution in [1.29, 1.82) is 0 Å². The van der Waals surface area contributed by atoms with Crippen LogP contribution in [0, 0.1) is 0 Å². The third kappa shape index (κ3) is 6.15. The molecule has 1 aliphatic heterocycles. The Labute approximate surface area is 179 Å². The number of hydrogen-bond donors (Lipinski definition) is 0.